The summed E-state index contributed by atoms with van der Waals surface area (Å²) in [5, 5.41) is 3.47. The van der Waals surface area contributed by atoms with Crippen LogP contribution in [0.4, 0.5) is 10.1 Å². The second kappa shape index (κ2) is 14.0. The Hall–Kier alpha value is -3.34. The molecule has 0 heterocycles. The van der Waals surface area contributed by atoms with Crippen molar-refractivity contribution >= 4 is 50.7 Å². The summed E-state index contributed by atoms with van der Waals surface area (Å²) in [5.74, 6) is -1.18. The van der Waals surface area contributed by atoms with E-state index in [0.717, 1.165) is 28.6 Å². The second-order valence-electron chi connectivity index (χ2n) is 9.49. The number of nitrogens with zero attached hydrogens (tertiary/aromatic N) is 2. The van der Waals surface area contributed by atoms with Gasteiger partial charge in [0.25, 0.3) is 10.0 Å². The van der Waals surface area contributed by atoms with Crippen molar-refractivity contribution in [2.75, 3.05) is 17.5 Å². The fourth-order valence-corrected chi connectivity index (χ4v) is 5.84. The van der Waals surface area contributed by atoms with E-state index >= 15 is 0 Å². The Bertz CT molecular complexity index is 1470. The monoisotopic (exact) mass is 623 g/mol. The van der Waals surface area contributed by atoms with Crippen LogP contribution in [-0.4, -0.2) is 50.4 Å². The smallest absolute Gasteiger partial charge is 0.264 e. The summed E-state index contributed by atoms with van der Waals surface area (Å²) >= 11 is 12.4. The van der Waals surface area contributed by atoms with Crippen LogP contribution in [0.15, 0.2) is 71.6 Å². The van der Waals surface area contributed by atoms with Gasteiger partial charge in [0.15, 0.2) is 0 Å². The third kappa shape index (κ3) is 8.34. The topological polar surface area (TPSA) is 96.0 Å². The first-order valence-corrected chi connectivity index (χ1v) is 15.1. The van der Waals surface area contributed by atoms with Gasteiger partial charge in [-0.05, 0) is 93.9 Å². The Morgan fingerprint density at radius 1 is 0.976 bits per heavy atom. The van der Waals surface area contributed by atoms with Crippen LogP contribution < -0.4 is 14.4 Å². The average Bonchev–Trinajstić information content (AvgIpc) is 2.91. The van der Waals surface area contributed by atoms with Gasteiger partial charge in [0.05, 0.1) is 17.2 Å². The first-order chi connectivity index (χ1) is 19.3. The van der Waals surface area contributed by atoms with Crippen LogP contribution in [0.2, 0.25) is 10.0 Å². The number of benzene rings is 3. The minimum Gasteiger partial charge on any atom is -0.494 e. The van der Waals surface area contributed by atoms with Gasteiger partial charge in [-0.3, -0.25) is 13.9 Å². The Labute approximate surface area is 250 Å². The van der Waals surface area contributed by atoms with Crippen LogP contribution >= 0.6 is 23.2 Å². The lowest BCUT2D eigenvalue weighted by atomic mass is 10.1. The zero-order chi connectivity index (χ0) is 30.3. The molecule has 3 aromatic rings. The number of nitrogens with one attached hydrogen (secondary N) is 1. The van der Waals surface area contributed by atoms with Gasteiger partial charge in [0, 0.05) is 22.6 Å². The van der Waals surface area contributed by atoms with Crippen molar-refractivity contribution in [2.24, 2.45) is 0 Å². The number of carbonyl (C=O) groups excluding carboxylic acids is 2. The van der Waals surface area contributed by atoms with E-state index in [1.165, 1.54) is 23.1 Å². The van der Waals surface area contributed by atoms with Crippen LogP contribution in [-0.2, 0) is 26.2 Å². The van der Waals surface area contributed by atoms with Crippen LogP contribution in [0.5, 0.6) is 5.75 Å². The molecule has 0 aliphatic rings. The number of sulfonamides is 1. The SMILES string of the molecule is CCOc1ccc(N(CC(=O)N(Cc2ccc(Cl)cc2Cl)C(C)C(=O)NC(C)C)S(=O)(=O)c2ccc(F)cc2)cc1. The number of amides is 2. The molecule has 0 fully saturated rings. The van der Waals surface area contributed by atoms with Crippen molar-refractivity contribution in [1.29, 1.82) is 0 Å². The van der Waals surface area contributed by atoms with E-state index in [1.54, 1.807) is 45.0 Å². The van der Waals surface area contributed by atoms with Crippen molar-refractivity contribution in [1.82, 2.24) is 10.2 Å². The lowest BCUT2D eigenvalue weighted by Crippen LogP contribution is -2.52. The molecule has 41 heavy (non-hydrogen) atoms. The van der Waals surface area contributed by atoms with Gasteiger partial charge in [0.1, 0.15) is 24.2 Å². The maximum absolute atomic E-state index is 13.9. The molecular formula is C29H32Cl2FN3O5S. The second-order valence-corrected chi connectivity index (χ2v) is 12.2. The fourth-order valence-electron chi connectivity index (χ4n) is 3.96. The molecule has 0 bridgehead atoms. The Morgan fingerprint density at radius 2 is 1.61 bits per heavy atom. The van der Waals surface area contributed by atoms with Gasteiger partial charge < -0.3 is 15.0 Å². The van der Waals surface area contributed by atoms with E-state index in [4.69, 9.17) is 27.9 Å². The normalized spacial score (nSPS) is 12.1. The minimum absolute atomic E-state index is 0.0881. The molecule has 1 N–H and O–H groups in total. The van der Waals surface area contributed by atoms with Crippen molar-refractivity contribution < 1.29 is 27.1 Å². The molecule has 0 aromatic heterocycles. The predicted molar refractivity (Wildman–Crippen MR) is 158 cm³/mol. The highest BCUT2D eigenvalue weighted by molar-refractivity contribution is 7.92. The molecule has 12 heteroatoms. The summed E-state index contributed by atoms with van der Waals surface area (Å²) in [4.78, 5) is 28.0. The standard InChI is InChI=1S/C29H32Cl2FN3O5S/c1-5-40-25-12-10-24(11-13-25)35(41(38,39)26-14-8-23(32)9-15-26)18-28(36)34(20(4)29(37)33-19(2)3)17-21-6-7-22(30)16-27(21)31/h6-16,19-20H,5,17-18H2,1-4H3,(H,33,37). The van der Waals surface area contributed by atoms with Crippen molar-refractivity contribution in [3.8, 4) is 5.75 Å². The predicted octanol–water partition coefficient (Wildman–Crippen LogP) is 5.67. The van der Waals surface area contributed by atoms with Gasteiger partial charge in [-0.2, -0.15) is 0 Å². The van der Waals surface area contributed by atoms with Crippen LogP contribution in [0.1, 0.15) is 33.3 Å². The highest BCUT2D eigenvalue weighted by atomic mass is 35.5. The molecule has 0 radical (unpaired) electrons. The Kier molecular flexibility index (Phi) is 11.0. The summed E-state index contributed by atoms with van der Waals surface area (Å²) in [6.45, 7) is 6.61. The van der Waals surface area contributed by atoms with E-state index < -0.39 is 40.2 Å². The van der Waals surface area contributed by atoms with Crippen LogP contribution in [0.3, 0.4) is 0 Å². The van der Waals surface area contributed by atoms with E-state index in [9.17, 15) is 22.4 Å². The fraction of sp³-hybridized carbons (Fsp3) is 0.310. The van der Waals surface area contributed by atoms with Gasteiger partial charge in [-0.15, -0.1) is 0 Å². The molecule has 2 amide bonds. The third-order valence-electron chi connectivity index (χ3n) is 6.07. The van der Waals surface area contributed by atoms with Gasteiger partial charge in [-0.25, -0.2) is 12.8 Å². The minimum atomic E-state index is -4.34. The molecule has 1 unspecified atom stereocenters. The number of hydrogen-bond acceptors (Lipinski definition) is 5. The number of halogens is 3. The van der Waals surface area contributed by atoms with Gasteiger partial charge >= 0.3 is 0 Å². The number of anilines is 1. The van der Waals surface area contributed by atoms with E-state index in [1.807, 2.05) is 6.92 Å². The highest BCUT2D eigenvalue weighted by Gasteiger charge is 2.33. The average molecular weight is 625 g/mol. The molecule has 3 aromatic carbocycles. The molecule has 0 aliphatic carbocycles. The summed E-state index contributed by atoms with van der Waals surface area (Å²) in [6.07, 6.45) is 0. The maximum atomic E-state index is 13.9. The largest absolute Gasteiger partial charge is 0.494 e. The van der Waals surface area contributed by atoms with Crippen molar-refractivity contribution in [2.45, 2.75) is 51.2 Å². The molecule has 0 saturated carbocycles. The lowest BCUT2D eigenvalue weighted by Gasteiger charge is -2.32. The molecule has 220 valence electrons. The Balaban J connectivity index is 2.05. The van der Waals surface area contributed by atoms with Crippen molar-refractivity contribution in [3.63, 3.8) is 0 Å². The number of hydrogen-bond donors (Lipinski definition) is 1. The number of carbonyl (C=O) groups is 2. The maximum Gasteiger partial charge on any atom is 0.264 e. The molecule has 0 spiro atoms. The van der Waals surface area contributed by atoms with E-state index in [-0.39, 0.29) is 28.2 Å². The van der Waals surface area contributed by atoms with Crippen molar-refractivity contribution in [3.05, 3.63) is 88.2 Å². The number of rotatable bonds is 12. The van der Waals surface area contributed by atoms with E-state index in [2.05, 4.69) is 5.32 Å². The van der Waals surface area contributed by atoms with Crippen LogP contribution in [0.25, 0.3) is 0 Å². The van der Waals surface area contributed by atoms with Crippen LogP contribution in [0, 0.1) is 5.82 Å². The molecule has 8 nitrogen and oxygen atoms in total. The lowest BCUT2D eigenvalue weighted by molar-refractivity contribution is -0.139. The first kappa shape index (κ1) is 32.2. The molecule has 0 aliphatic heterocycles. The highest BCUT2D eigenvalue weighted by Crippen LogP contribution is 2.28. The summed E-state index contributed by atoms with van der Waals surface area (Å²) in [7, 11) is -4.34. The zero-order valence-corrected chi connectivity index (χ0v) is 25.4. The van der Waals surface area contributed by atoms with E-state index in [0.29, 0.717) is 22.9 Å². The quantitative estimate of drug-likeness (QED) is 0.280. The molecule has 1 atom stereocenters. The third-order valence-corrected chi connectivity index (χ3v) is 8.45. The first-order valence-electron chi connectivity index (χ1n) is 12.9. The summed E-state index contributed by atoms with van der Waals surface area (Å²) < 4.78 is 47.6. The zero-order valence-electron chi connectivity index (χ0n) is 23.1. The Morgan fingerprint density at radius 3 is 2.17 bits per heavy atom. The molecular weight excluding hydrogens is 592 g/mol. The van der Waals surface area contributed by atoms with Gasteiger partial charge in [0.2, 0.25) is 11.8 Å². The summed E-state index contributed by atoms with van der Waals surface area (Å²) in [5.41, 5.74) is 0.692. The number of ether oxygens (including phenoxy) is 1. The molecule has 0 saturated heterocycles. The summed E-state index contributed by atoms with van der Waals surface area (Å²) in [6, 6.07) is 14.1. The molecule has 3 rings (SSSR count). The van der Waals surface area contributed by atoms with Gasteiger partial charge in [-0.1, -0.05) is 29.3 Å².